The van der Waals surface area contributed by atoms with Crippen molar-refractivity contribution in [1.82, 2.24) is 0 Å². The molecule has 0 aliphatic heterocycles. The van der Waals surface area contributed by atoms with E-state index in [0.717, 1.165) is 17.8 Å². The van der Waals surface area contributed by atoms with Crippen molar-refractivity contribution in [3.63, 3.8) is 0 Å². The fraction of sp³-hybridized carbons (Fsp3) is 0.286. The van der Waals surface area contributed by atoms with Gasteiger partial charge in [-0.15, -0.1) is 0 Å². The zero-order chi connectivity index (χ0) is 9.12. The predicted octanol–water partition coefficient (Wildman–Crippen LogP) is 3.24. The van der Waals surface area contributed by atoms with Crippen LogP contribution in [0.15, 0.2) is 48.6 Å². The Hall–Kier alpha value is -1.30. The van der Waals surface area contributed by atoms with E-state index in [9.17, 15) is 0 Å². The highest BCUT2D eigenvalue weighted by Gasteiger charge is 2.50. The molecule has 0 radical (unpaired) electrons. The van der Waals surface area contributed by atoms with Gasteiger partial charge in [0.1, 0.15) is 0 Å². The van der Waals surface area contributed by atoms with Crippen LogP contribution < -0.4 is 0 Å². The molecule has 0 heterocycles. The van der Waals surface area contributed by atoms with E-state index in [1.54, 1.807) is 5.56 Å². The fourth-order valence-corrected chi connectivity index (χ4v) is 3.16. The maximum absolute atomic E-state index is 2.43. The lowest BCUT2D eigenvalue weighted by atomic mass is 9.94. The molecule has 2 unspecified atom stereocenters. The number of rotatable bonds is 0. The van der Waals surface area contributed by atoms with Crippen molar-refractivity contribution < 1.29 is 0 Å². The standard InChI is InChI=1S/C14H12/c1-2-4-11-10(3-1)9-5-7-12-13(8-6-9)14(11)12/h1-9,12-14H. The number of benzene rings is 1. The number of hydrogen-bond donors (Lipinski definition) is 0. The topological polar surface area (TPSA) is 0 Å². The van der Waals surface area contributed by atoms with Gasteiger partial charge in [0.05, 0.1) is 0 Å². The van der Waals surface area contributed by atoms with Crippen LogP contribution in [-0.4, -0.2) is 0 Å². The number of allylic oxidation sites excluding steroid dienone is 4. The molecule has 4 aliphatic carbocycles. The van der Waals surface area contributed by atoms with Crippen molar-refractivity contribution in [1.29, 1.82) is 0 Å². The van der Waals surface area contributed by atoms with E-state index in [-0.39, 0.29) is 0 Å². The van der Waals surface area contributed by atoms with Crippen molar-refractivity contribution in [2.24, 2.45) is 11.8 Å². The minimum atomic E-state index is 0.547. The van der Waals surface area contributed by atoms with Crippen LogP contribution in [0.3, 0.4) is 0 Å². The first kappa shape index (κ1) is 7.05. The van der Waals surface area contributed by atoms with E-state index in [2.05, 4.69) is 48.6 Å². The second-order valence-electron chi connectivity index (χ2n) is 4.60. The van der Waals surface area contributed by atoms with Crippen molar-refractivity contribution >= 4 is 0 Å². The summed E-state index contributed by atoms with van der Waals surface area (Å²) in [5.74, 6) is 2.96. The van der Waals surface area contributed by atoms with Gasteiger partial charge in [0.15, 0.2) is 0 Å². The molecule has 14 heavy (non-hydrogen) atoms. The molecule has 0 nitrogen and oxygen atoms in total. The minimum Gasteiger partial charge on any atom is -0.0833 e. The smallest absolute Gasteiger partial charge is 0.0201 e. The van der Waals surface area contributed by atoms with Crippen LogP contribution >= 0.6 is 0 Å². The SMILES string of the molecule is C1=CC2C3C=CC1c1ccccc1C23. The minimum absolute atomic E-state index is 0.547. The van der Waals surface area contributed by atoms with Crippen molar-refractivity contribution in [2.75, 3.05) is 0 Å². The van der Waals surface area contributed by atoms with Gasteiger partial charge in [-0.05, 0) is 28.9 Å². The second-order valence-corrected chi connectivity index (χ2v) is 4.60. The summed E-state index contributed by atoms with van der Waals surface area (Å²) < 4.78 is 0. The third-order valence-corrected chi connectivity index (χ3v) is 3.93. The zero-order valence-electron chi connectivity index (χ0n) is 7.93. The lowest BCUT2D eigenvalue weighted by Crippen LogP contribution is -1.93. The zero-order valence-corrected chi connectivity index (χ0v) is 7.93. The molecule has 2 atom stereocenters. The first-order chi connectivity index (χ1) is 6.95. The van der Waals surface area contributed by atoms with Crippen LogP contribution in [0.5, 0.6) is 0 Å². The monoisotopic (exact) mass is 180 g/mol. The quantitative estimate of drug-likeness (QED) is 0.538. The van der Waals surface area contributed by atoms with Gasteiger partial charge in [-0.1, -0.05) is 48.6 Å². The molecule has 0 N–H and O–H groups in total. The van der Waals surface area contributed by atoms with Crippen molar-refractivity contribution in [3.8, 4) is 0 Å². The maximum Gasteiger partial charge on any atom is 0.0201 e. The largest absolute Gasteiger partial charge is 0.0833 e. The first-order valence-electron chi connectivity index (χ1n) is 5.40. The molecular formula is C14H12. The van der Waals surface area contributed by atoms with E-state index in [0.29, 0.717) is 5.92 Å². The Morgan fingerprint density at radius 2 is 1.36 bits per heavy atom. The highest BCUT2D eigenvalue weighted by Crippen LogP contribution is 2.60. The Balaban J connectivity index is 2.04. The molecule has 0 aromatic heterocycles. The third-order valence-electron chi connectivity index (χ3n) is 3.93. The van der Waals surface area contributed by atoms with Gasteiger partial charge < -0.3 is 0 Å². The lowest BCUT2D eigenvalue weighted by Gasteiger charge is -2.10. The average Bonchev–Trinajstić information content (AvgIpc) is 2.96. The summed E-state index contributed by atoms with van der Waals surface area (Å²) >= 11 is 0. The predicted molar refractivity (Wildman–Crippen MR) is 57.2 cm³/mol. The van der Waals surface area contributed by atoms with Gasteiger partial charge in [-0.2, -0.15) is 0 Å². The fourth-order valence-electron chi connectivity index (χ4n) is 3.16. The molecule has 0 heteroatoms. The van der Waals surface area contributed by atoms with Crippen LogP contribution in [0.25, 0.3) is 0 Å². The molecule has 1 saturated carbocycles. The molecule has 4 aliphatic rings. The Kier molecular flexibility index (Phi) is 1.11. The third kappa shape index (κ3) is 0.708. The van der Waals surface area contributed by atoms with Crippen LogP contribution in [0.4, 0.5) is 0 Å². The van der Waals surface area contributed by atoms with Gasteiger partial charge in [0.2, 0.25) is 0 Å². The Morgan fingerprint density at radius 3 is 2.07 bits per heavy atom. The Bertz CT molecular complexity index is 433. The highest BCUT2D eigenvalue weighted by molar-refractivity contribution is 5.50. The summed E-state index contributed by atoms with van der Waals surface area (Å²) in [6, 6.07) is 8.95. The molecule has 1 fully saturated rings. The molecule has 4 bridgehead atoms. The van der Waals surface area contributed by atoms with Crippen LogP contribution in [0, 0.1) is 11.8 Å². The normalized spacial score (nSPS) is 40.3. The molecule has 0 spiro atoms. The molecule has 0 amide bonds. The molecule has 1 aromatic carbocycles. The van der Waals surface area contributed by atoms with Gasteiger partial charge in [0.25, 0.3) is 0 Å². The maximum atomic E-state index is 2.43. The molecule has 1 aromatic rings. The molecule has 0 saturated heterocycles. The Morgan fingerprint density at radius 1 is 0.714 bits per heavy atom. The van der Waals surface area contributed by atoms with Crippen LogP contribution in [0.2, 0.25) is 0 Å². The summed E-state index contributed by atoms with van der Waals surface area (Å²) in [5.41, 5.74) is 3.13. The first-order valence-corrected chi connectivity index (χ1v) is 5.40. The van der Waals surface area contributed by atoms with E-state index in [1.807, 2.05) is 0 Å². The molecule has 68 valence electrons. The highest BCUT2D eigenvalue weighted by atomic mass is 14.5. The van der Waals surface area contributed by atoms with E-state index < -0.39 is 0 Å². The summed E-state index contributed by atoms with van der Waals surface area (Å²) in [4.78, 5) is 0. The van der Waals surface area contributed by atoms with Gasteiger partial charge in [-0.3, -0.25) is 0 Å². The van der Waals surface area contributed by atoms with E-state index >= 15 is 0 Å². The van der Waals surface area contributed by atoms with Gasteiger partial charge in [-0.25, -0.2) is 0 Å². The van der Waals surface area contributed by atoms with Gasteiger partial charge in [0, 0.05) is 5.92 Å². The molecular weight excluding hydrogens is 168 g/mol. The van der Waals surface area contributed by atoms with E-state index in [4.69, 9.17) is 0 Å². The second kappa shape index (κ2) is 2.20. The summed E-state index contributed by atoms with van der Waals surface area (Å²) in [5, 5.41) is 0. The summed E-state index contributed by atoms with van der Waals surface area (Å²) in [6.07, 6.45) is 9.62. The number of hydrogen-bond acceptors (Lipinski definition) is 0. The van der Waals surface area contributed by atoms with Crippen LogP contribution in [-0.2, 0) is 0 Å². The van der Waals surface area contributed by atoms with Crippen molar-refractivity contribution in [2.45, 2.75) is 11.8 Å². The van der Waals surface area contributed by atoms with Gasteiger partial charge >= 0.3 is 0 Å². The van der Waals surface area contributed by atoms with E-state index in [1.165, 1.54) is 5.56 Å². The molecule has 5 rings (SSSR count). The lowest BCUT2D eigenvalue weighted by molar-refractivity contribution is 1.00. The van der Waals surface area contributed by atoms with Crippen molar-refractivity contribution in [3.05, 3.63) is 59.7 Å². The average molecular weight is 180 g/mol. The van der Waals surface area contributed by atoms with Crippen LogP contribution in [0.1, 0.15) is 23.0 Å². The summed E-state index contributed by atoms with van der Waals surface area (Å²) in [6.45, 7) is 0. The summed E-state index contributed by atoms with van der Waals surface area (Å²) in [7, 11) is 0. The Labute approximate surface area is 84.0 Å².